The van der Waals surface area contributed by atoms with Crippen LogP contribution in [0.4, 0.5) is 4.39 Å². The highest BCUT2D eigenvalue weighted by atomic mass is 19.1. The predicted octanol–water partition coefficient (Wildman–Crippen LogP) is 3.19. The Hall–Kier alpha value is -3.09. The summed E-state index contributed by atoms with van der Waals surface area (Å²) in [6.07, 6.45) is 0.770. The summed E-state index contributed by atoms with van der Waals surface area (Å²) in [5, 5.41) is 7.72. The average Bonchev–Trinajstić information content (AvgIpc) is 3.06. The van der Waals surface area contributed by atoms with Crippen LogP contribution in [0.2, 0.25) is 0 Å². The van der Waals surface area contributed by atoms with Crippen molar-refractivity contribution in [2.24, 2.45) is 0 Å². The van der Waals surface area contributed by atoms with Crippen molar-refractivity contribution in [1.82, 2.24) is 15.2 Å². The zero-order valence-electron chi connectivity index (χ0n) is 12.1. The van der Waals surface area contributed by atoms with Crippen molar-refractivity contribution < 1.29 is 18.3 Å². The molecule has 6 nitrogen and oxygen atoms in total. The molecule has 0 saturated carbocycles. The fourth-order valence-corrected chi connectivity index (χ4v) is 1.86. The molecule has 116 valence electrons. The molecule has 0 amide bonds. The lowest BCUT2D eigenvalue weighted by Crippen LogP contribution is -2.10. The van der Waals surface area contributed by atoms with Gasteiger partial charge in [0.25, 0.3) is 5.89 Å². The van der Waals surface area contributed by atoms with Crippen LogP contribution >= 0.6 is 0 Å². The molecule has 0 aliphatic heterocycles. The largest absolute Gasteiger partial charge is 0.448 e. The number of carbonyl (C=O) groups excluding carboxylic acids is 1. The van der Waals surface area contributed by atoms with Gasteiger partial charge in [0, 0.05) is 11.8 Å². The van der Waals surface area contributed by atoms with E-state index in [1.807, 2.05) is 0 Å². The van der Waals surface area contributed by atoms with Crippen molar-refractivity contribution in [3.05, 3.63) is 66.1 Å². The smallest absolute Gasteiger partial charge is 0.357 e. The van der Waals surface area contributed by atoms with Crippen molar-refractivity contribution in [2.45, 2.75) is 13.0 Å². The van der Waals surface area contributed by atoms with Crippen molar-refractivity contribution in [2.75, 3.05) is 0 Å². The quantitative estimate of drug-likeness (QED) is 0.688. The molecule has 0 bridgehead atoms. The minimum atomic E-state index is -0.730. The Kier molecular flexibility index (Phi) is 4.09. The second-order valence-electron chi connectivity index (χ2n) is 4.71. The van der Waals surface area contributed by atoms with Crippen LogP contribution in [-0.2, 0) is 4.74 Å². The fourth-order valence-electron chi connectivity index (χ4n) is 1.86. The number of hydrogen-bond acceptors (Lipinski definition) is 6. The molecule has 0 aliphatic rings. The Bertz CT molecular complexity index is 803. The first-order valence-corrected chi connectivity index (χ1v) is 6.85. The number of pyridine rings is 1. The van der Waals surface area contributed by atoms with E-state index >= 15 is 0 Å². The number of aromatic nitrogens is 3. The van der Waals surface area contributed by atoms with Crippen molar-refractivity contribution >= 4 is 5.97 Å². The third-order valence-electron chi connectivity index (χ3n) is 3.04. The minimum absolute atomic E-state index is 0.147. The predicted molar refractivity (Wildman–Crippen MR) is 77.8 cm³/mol. The number of ether oxygens (including phenoxy) is 1. The third kappa shape index (κ3) is 3.39. The minimum Gasteiger partial charge on any atom is -0.448 e. The van der Waals surface area contributed by atoms with Gasteiger partial charge in [-0.1, -0.05) is 6.07 Å². The molecule has 0 unspecified atom stereocenters. The molecule has 2 heterocycles. The summed E-state index contributed by atoms with van der Waals surface area (Å²) < 4.78 is 23.6. The second kappa shape index (κ2) is 6.35. The van der Waals surface area contributed by atoms with Gasteiger partial charge in [-0.05, 0) is 43.3 Å². The van der Waals surface area contributed by atoms with E-state index in [1.165, 1.54) is 30.5 Å². The van der Waals surface area contributed by atoms with Gasteiger partial charge in [0.05, 0.1) is 0 Å². The maximum absolute atomic E-state index is 12.9. The Morgan fingerprint density at radius 2 is 1.96 bits per heavy atom. The normalized spacial score (nSPS) is 11.9. The molecule has 3 aromatic rings. The highest BCUT2D eigenvalue weighted by molar-refractivity contribution is 5.87. The molecule has 0 N–H and O–H groups in total. The molecule has 3 rings (SSSR count). The summed E-state index contributed by atoms with van der Waals surface area (Å²) in [6.45, 7) is 1.61. The monoisotopic (exact) mass is 313 g/mol. The molecule has 23 heavy (non-hydrogen) atoms. The van der Waals surface area contributed by atoms with Crippen LogP contribution in [0.3, 0.4) is 0 Å². The van der Waals surface area contributed by atoms with Crippen LogP contribution in [0.15, 0.2) is 53.1 Å². The van der Waals surface area contributed by atoms with E-state index < -0.39 is 12.1 Å². The first kappa shape index (κ1) is 14.8. The highest BCUT2D eigenvalue weighted by Gasteiger charge is 2.20. The third-order valence-corrected chi connectivity index (χ3v) is 3.04. The summed E-state index contributed by atoms with van der Waals surface area (Å²) in [6, 6.07) is 10.6. The van der Waals surface area contributed by atoms with Gasteiger partial charge in [-0.25, -0.2) is 14.2 Å². The molecule has 0 spiro atoms. The number of carbonyl (C=O) groups is 1. The van der Waals surface area contributed by atoms with Crippen molar-refractivity contribution in [3.63, 3.8) is 0 Å². The van der Waals surface area contributed by atoms with Crippen LogP contribution in [0.5, 0.6) is 0 Å². The lowest BCUT2D eigenvalue weighted by molar-refractivity contribution is 0.0273. The SMILES string of the molecule is C[C@H](OC(=O)c1ccccn1)c1nnc(-c2ccc(F)cc2)o1. The van der Waals surface area contributed by atoms with Gasteiger partial charge in [-0.2, -0.15) is 0 Å². The number of halogens is 1. The van der Waals surface area contributed by atoms with Crippen LogP contribution in [0.25, 0.3) is 11.5 Å². The van der Waals surface area contributed by atoms with Crippen LogP contribution < -0.4 is 0 Å². The van der Waals surface area contributed by atoms with Crippen LogP contribution in [0.1, 0.15) is 29.4 Å². The molecule has 1 atom stereocenters. The van der Waals surface area contributed by atoms with Gasteiger partial charge in [0.15, 0.2) is 6.10 Å². The van der Waals surface area contributed by atoms with E-state index in [0.717, 1.165) is 0 Å². The molecule has 7 heteroatoms. The summed E-state index contributed by atoms with van der Waals surface area (Å²) >= 11 is 0. The maximum Gasteiger partial charge on any atom is 0.357 e. The number of benzene rings is 1. The Labute approximate surface area is 131 Å². The van der Waals surface area contributed by atoms with E-state index in [0.29, 0.717) is 5.56 Å². The Balaban J connectivity index is 1.72. The highest BCUT2D eigenvalue weighted by Crippen LogP contribution is 2.23. The zero-order chi connectivity index (χ0) is 16.2. The second-order valence-corrected chi connectivity index (χ2v) is 4.71. The molecule has 2 aromatic heterocycles. The van der Waals surface area contributed by atoms with Crippen LogP contribution in [0, 0.1) is 5.82 Å². The number of esters is 1. The summed E-state index contributed by atoms with van der Waals surface area (Å²) in [7, 11) is 0. The zero-order valence-corrected chi connectivity index (χ0v) is 12.1. The lowest BCUT2D eigenvalue weighted by Gasteiger charge is -2.08. The lowest BCUT2D eigenvalue weighted by atomic mass is 10.2. The summed E-state index contributed by atoms with van der Waals surface area (Å²) in [5.41, 5.74) is 0.769. The van der Waals surface area contributed by atoms with E-state index in [2.05, 4.69) is 15.2 Å². The van der Waals surface area contributed by atoms with Crippen molar-refractivity contribution in [1.29, 1.82) is 0 Å². The van der Waals surface area contributed by atoms with Gasteiger partial charge in [0.2, 0.25) is 5.89 Å². The molecule has 0 radical (unpaired) electrons. The van der Waals surface area contributed by atoms with Gasteiger partial charge in [-0.15, -0.1) is 10.2 Å². The molecular weight excluding hydrogens is 301 g/mol. The standard InChI is InChI=1S/C16H12FN3O3/c1-10(22-16(21)13-4-2-3-9-18-13)14-19-20-15(23-14)11-5-7-12(17)8-6-11/h2-10H,1H3/t10-/m0/s1. The van der Waals surface area contributed by atoms with Gasteiger partial charge >= 0.3 is 5.97 Å². The first-order valence-electron chi connectivity index (χ1n) is 6.85. The topological polar surface area (TPSA) is 78.1 Å². The maximum atomic E-state index is 12.9. The Morgan fingerprint density at radius 3 is 2.65 bits per heavy atom. The summed E-state index contributed by atoms with van der Waals surface area (Å²) in [5.74, 6) is -0.569. The number of hydrogen-bond donors (Lipinski definition) is 0. The first-order chi connectivity index (χ1) is 11.1. The number of nitrogens with zero attached hydrogens (tertiary/aromatic N) is 3. The molecular formula is C16H12FN3O3. The van der Waals surface area contributed by atoms with E-state index in [-0.39, 0.29) is 23.3 Å². The van der Waals surface area contributed by atoms with Crippen LogP contribution in [-0.4, -0.2) is 21.2 Å². The van der Waals surface area contributed by atoms with E-state index in [9.17, 15) is 9.18 Å². The molecule has 0 saturated heterocycles. The molecule has 0 fully saturated rings. The molecule has 0 aliphatic carbocycles. The number of rotatable bonds is 4. The Morgan fingerprint density at radius 1 is 1.17 bits per heavy atom. The fraction of sp³-hybridized carbons (Fsp3) is 0.125. The van der Waals surface area contributed by atoms with E-state index in [1.54, 1.807) is 25.1 Å². The summed E-state index contributed by atoms with van der Waals surface area (Å²) in [4.78, 5) is 15.8. The van der Waals surface area contributed by atoms with Gasteiger partial charge in [0.1, 0.15) is 11.5 Å². The average molecular weight is 313 g/mol. The van der Waals surface area contributed by atoms with Crippen molar-refractivity contribution in [3.8, 4) is 11.5 Å². The molecule has 1 aromatic carbocycles. The van der Waals surface area contributed by atoms with E-state index in [4.69, 9.17) is 9.15 Å². The van der Waals surface area contributed by atoms with Gasteiger partial charge < -0.3 is 9.15 Å². The van der Waals surface area contributed by atoms with Gasteiger partial charge in [-0.3, -0.25) is 0 Å².